The second-order valence-electron chi connectivity index (χ2n) is 7.77. The third-order valence-corrected chi connectivity index (χ3v) is 7.27. The highest BCUT2D eigenvalue weighted by Gasteiger charge is 2.34. The zero-order chi connectivity index (χ0) is 23.1. The summed E-state index contributed by atoms with van der Waals surface area (Å²) in [5, 5.41) is 1.39. The molecule has 5 rings (SSSR count). The van der Waals surface area contributed by atoms with Crippen molar-refractivity contribution in [3.05, 3.63) is 105 Å². The number of aromatic nitrogens is 1. The lowest BCUT2D eigenvalue weighted by Gasteiger charge is -2.16. The van der Waals surface area contributed by atoms with Gasteiger partial charge in [0.1, 0.15) is 5.82 Å². The van der Waals surface area contributed by atoms with Crippen LogP contribution in [0.5, 0.6) is 0 Å². The predicted molar refractivity (Wildman–Crippen MR) is 139 cm³/mol. The highest BCUT2D eigenvalue weighted by atomic mass is 35.5. The number of nitrogens with zero attached hydrogens (tertiary/aromatic N) is 2. The number of benzene rings is 3. The topological polar surface area (TPSA) is 25.2 Å². The predicted octanol–water partition coefficient (Wildman–Crippen LogP) is 7.20. The van der Waals surface area contributed by atoms with Crippen LogP contribution >= 0.6 is 35.6 Å². The molecule has 1 aliphatic heterocycles. The molecule has 2 heterocycles. The maximum absolute atomic E-state index is 13.5. The van der Waals surface area contributed by atoms with Crippen molar-refractivity contribution in [1.29, 1.82) is 0 Å². The Morgan fingerprint density at radius 2 is 1.85 bits per heavy atom. The average Bonchev–Trinajstić information content (AvgIpc) is 3.27. The minimum atomic E-state index is -0.363. The molecule has 3 nitrogen and oxygen atoms in total. The van der Waals surface area contributed by atoms with Crippen molar-refractivity contribution < 1.29 is 9.18 Å². The van der Waals surface area contributed by atoms with Crippen molar-refractivity contribution in [3.8, 4) is 0 Å². The largest absolute Gasteiger partial charge is 0.342 e. The SMILES string of the molecule is Cc1ccccc1N1C(=O)/C(=C/c2cn(Cc3ccc(F)cc3Cl)c3ccccc23)SC1=S. The second-order valence-corrected chi connectivity index (χ2v) is 9.85. The molecule has 0 atom stereocenters. The molecule has 1 saturated heterocycles. The highest BCUT2D eigenvalue weighted by molar-refractivity contribution is 8.27. The fourth-order valence-electron chi connectivity index (χ4n) is 3.99. The zero-order valence-corrected chi connectivity index (χ0v) is 20.0. The molecule has 1 aromatic heterocycles. The van der Waals surface area contributed by atoms with Crippen LogP contribution in [-0.4, -0.2) is 14.8 Å². The number of thioether (sulfide) groups is 1. The molecule has 164 valence electrons. The van der Waals surface area contributed by atoms with Crippen LogP contribution in [-0.2, 0) is 11.3 Å². The summed E-state index contributed by atoms with van der Waals surface area (Å²) in [5.41, 5.74) is 4.52. The van der Waals surface area contributed by atoms with E-state index in [2.05, 4.69) is 4.57 Å². The number of fused-ring (bicyclic) bond motifs is 1. The number of halogens is 2. The van der Waals surface area contributed by atoms with E-state index in [1.165, 1.54) is 23.9 Å². The van der Waals surface area contributed by atoms with Crippen LogP contribution in [0.25, 0.3) is 17.0 Å². The number of rotatable bonds is 4. The van der Waals surface area contributed by atoms with Crippen molar-refractivity contribution in [1.82, 2.24) is 4.57 Å². The van der Waals surface area contributed by atoms with E-state index in [-0.39, 0.29) is 11.7 Å². The van der Waals surface area contributed by atoms with Crippen LogP contribution in [0.1, 0.15) is 16.7 Å². The molecular weight excluding hydrogens is 475 g/mol. The Morgan fingerprint density at radius 1 is 1.09 bits per heavy atom. The lowest BCUT2D eigenvalue weighted by atomic mass is 10.1. The van der Waals surface area contributed by atoms with Gasteiger partial charge < -0.3 is 4.57 Å². The quantitative estimate of drug-likeness (QED) is 0.222. The van der Waals surface area contributed by atoms with E-state index < -0.39 is 0 Å². The highest BCUT2D eigenvalue weighted by Crippen LogP contribution is 2.38. The van der Waals surface area contributed by atoms with Crippen LogP contribution in [0.15, 0.2) is 77.8 Å². The Bertz CT molecular complexity index is 1460. The van der Waals surface area contributed by atoms with Gasteiger partial charge in [-0.15, -0.1) is 0 Å². The Morgan fingerprint density at radius 3 is 2.64 bits per heavy atom. The van der Waals surface area contributed by atoms with Crippen molar-refractivity contribution in [2.45, 2.75) is 13.5 Å². The first kappa shape index (κ1) is 21.9. The number of thiocarbonyl (C=S) groups is 1. The maximum Gasteiger partial charge on any atom is 0.270 e. The van der Waals surface area contributed by atoms with Crippen LogP contribution in [0, 0.1) is 12.7 Å². The van der Waals surface area contributed by atoms with E-state index in [9.17, 15) is 9.18 Å². The molecule has 0 saturated carbocycles. The standard InChI is InChI=1S/C26H18ClFN2OS2/c1-16-6-2-4-8-22(16)30-25(31)24(33-26(30)32)12-18-15-29(23-9-5-3-7-20(18)23)14-17-10-11-19(28)13-21(17)27/h2-13,15H,14H2,1H3/b24-12-. The van der Waals surface area contributed by atoms with Crippen LogP contribution < -0.4 is 4.90 Å². The molecule has 1 fully saturated rings. The van der Waals surface area contributed by atoms with Gasteiger partial charge in [0.2, 0.25) is 0 Å². The van der Waals surface area contributed by atoms with Crippen molar-refractivity contribution in [2.75, 3.05) is 4.90 Å². The molecule has 4 aromatic rings. The molecule has 1 amide bonds. The van der Waals surface area contributed by atoms with Gasteiger partial charge in [-0.05, 0) is 48.4 Å². The summed E-state index contributed by atoms with van der Waals surface area (Å²) in [5.74, 6) is -0.491. The number of aryl methyl sites for hydroxylation is 1. The molecule has 0 spiro atoms. The summed E-state index contributed by atoms with van der Waals surface area (Å²) in [6, 6.07) is 20.1. The molecule has 0 unspecified atom stereocenters. The van der Waals surface area contributed by atoms with Gasteiger partial charge in [-0.1, -0.05) is 78.0 Å². The summed E-state index contributed by atoms with van der Waals surface area (Å²) in [6.45, 7) is 2.45. The monoisotopic (exact) mass is 492 g/mol. The van der Waals surface area contributed by atoms with Gasteiger partial charge >= 0.3 is 0 Å². The van der Waals surface area contributed by atoms with Crippen molar-refractivity contribution in [2.24, 2.45) is 0 Å². The summed E-state index contributed by atoms with van der Waals surface area (Å²) in [6.07, 6.45) is 3.88. The molecule has 0 radical (unpaired) electrons. The average molecular weight is 493 g/mol. The van der Waals surface area contributed by atoms with E-state index in [0.717, 1.165) is 33.3 Å². The second kappa shape index (κ2) is 8.78. The fraction of sp³-hybridized carbons (Fsp3) is 0.0769. The number of hydrogen-bond donors (Lipinski definition) is 0. The Hall–Kier alpha value is -2.93. The van der Waals surface area contributed by atoms with E-state index in [4.69, 9.17) is 23.8 Å². The fourth-order valence-corrected chi connectivity index (χ4v) is 5.49. The first-order valence-corrected chi connectivity index (χ1v) is 11.9. The van der Waals surface area contributed by atoms with Gasteiger partial charge in [-0.25, -0.2) is 4.39 Å². The third-order valence-electron chi connectivity index (χ3n) is 5.61. The van der Waals surface area contributed by atoms with Gasteiger partial charge in [-0.3, -0.25) is 9.69 Å². The third kappa shape index (κ3) is 4.10. The van der Waals surface area contributed by atoms with E-state index >= 15 is 0 Å². The van der Waals surface area contributed by atoms with Gasteiger partial charge in [0, 0.05) is 34.2 Å². The molecule has 33 heavy (non-hydrogen) atoms. The van der Waals surface area contributed by atoms with Gasteiger partial charge in [0.25, 0.3) is 5.91 Å². The molecule has 0 aliphatic carbocycles. The normalized spacial score (nSPS) is 15.2. The Balaban J connectivity index is 1.54. The minimum Gasteiger partial charge on any atom is -0.342 e. The number of para-hydroxylation sites is 2. The number of hydrogen-bond acceptors (Lipinski definition) is 3. The van der Waals surface area contributed by atoms with E-state index in [1.54, 1.807) is 11.0 Å². The summed E-state index contributed by atoms with van der Waals surface area (Å²) < 4.78 is 16.0. The van der Waals surface area contributed by atoms with Crippen LogP contribution in [0.4, 0.5) is 10.1 Å². The van der Waals surface area contributed by atoms with Crippen molar-refractivity contribution >= 4 is 68.5 Å². The summed E-state index contributed by atoms with van der Waals surface area (Å²) >= 11 is 13.1. The molecular formula is C26H18ClFN2OS2. The first-order valence-electron chi connectivity index (χ1n) is 10.3. The zero-order valence-electron chi connectivity index (χ0n) is 17.6. The number of amides is 1. The molecule has 1 aliphatic rings. The lowest BCUT2D eigenvalue weighted by Crippen LogP contribution is -2.28. The smallest absolute Gasteiger partial charge is 0.270 e. The van der Waals surface area contributed by atoms with Gasteiger partial charge in [-0.2, -0.15) is 0 Å². The molecule has 7 heteroatoms. The van der Waals surface area contributed by atoms with Crippen LogP contribution in [0.2, 0.25) is 5.02 Å². The lowest BCUT2D eigenvalue weighted by molar-refractivity contribution is -0.113. The number of carbonyl (C=O) groups excluding carboxylic acids is 1. The molecule has 3 aromatic carbocycles. The Kier molecular flexibility index (Phi) is 5.83. The van der Waals surface area contributed by atoms with Crippen LogP contribution in [0.3, 0.4) is 0 Å². The summed E-state index contributed by atoms with van der Waals surface area (Å²) in [7, 11) is 0. The maximum atomic E-state index is 13.5. The van der Waals surface area contributed by atoms with E-state index in [1.807, 2.05) is 67.7 Å². The minimum absolute atomic E-state index is 0.127. The summed E-state index contributed by atoms with van der Waals surface area (Å²) in [4.78, 5) is 15.4. The van der Waals surface area contributed by atoms with Gasteiger partial charge in [0.15, 0.2) is 4.32 Å². The Labute approximate surface area is 205 Å². The van der Waals surface area contributed by atoms with Crippen molar-refractivity contribution in [3.63, 3.8) is 0 Å². The molecule has 0 N–H and O–H groups in total. The first-order chi connectivity index (χ1) is 15.9. The number of carbonyl (C=O) groups is 1. The van der Waals surface area contributed by atoms with Gasteiger partial charge in [0.05, 0.1) is 10.6 Å². The number of anilines is 1. The van der Waals surface area contributed by atoms with E-state index in [0.29, 0.717) is 20.8 Å². The molecule has 0 bridgehead atoms.